The lowest BCUT2D eigenvalue weighted by Crippen LogP contribution is -1.75. The fourth-order valence-corrected chi connectivity index (χ4v) is 2.45. The molecule has 2 aromatic carbocycles. The zero-order chi connectivity index (χ0) is 14.5. The lowest BCUT2D eigenvalue weighted by atomic mass is 10.2. The van der Waals surface area contributed by atoms with Gasteiger partial charge in [-0.15, -0.1) is 0 Å². The monoisotopic (exact) mass is 293 g/mol. The molecule has 0 radical (unpaired) electrons. The first-order chi connectivity index (χ1) is 10.3. The SMILES string of the molecule is Cc1ccc(S/N=C/c2ccc(-c3ccccc3)o2)cc1. The molecule has 0 fully saturated rings. The molecule has 0 aliphatic rings. The fourth-order valence-electron chi connectivity index (χ4n) is 1.92. The van der Waals surface area contributed by atoms with E-state index < -0.39 is 0 Å². The Morgan fingerprint density at radius 1 is 0.905 bits per heavy atom. The van der Waals surface area contributed by atoms with Crippen LogP contribution in [-0.2, 0) is 0 Å². The third-order valence-electron chi connectivity index (χ3n) is 3.04. The first-order valence-corrected chi connectivity index (χ1v) is 7.51. The van der Waals surface area contributed by atoms with E-state index in [0.29, 0.717) is 0 Å². The maximum atomic E-state index is 5.76. The molecular formula is C18H15NOS. The smallest absolute Gasteiger partial charge is 0.146 e. The van der Waals surface area contributed by atoms with Crippen molar-refractivity contribution in [1.82, 2.24) is 0 Å². The van der Waals surface area contributed by atoms with Crippen LogP contribution < -0.4 is 0 Å². The van der Waals surface area contributed by atoms with Gasteiger partial charge in [0, 0.05) is 22.4 Å². The summed E-state index contributed by atoms with van der Waals surface area (Å²) in [5.41, 5.74) is 2.32. The van der Waals surface area contributed by atoms with E-state index in [0.717, 1.165) is 22.0 Å². The maximum absolute atomic E-state index is 5.76. The molecule has 104 valence electrons. The molecule has 21 heavy (non-hydrogen) atoms. The number of hydrogen-bond acceptors (Lipinski definition) is 3. The molecule has 1 aromatic heterocycles. The van der Waals surface area contributed by atoms with Gasteiger partial charge in [0.1, 0.15) is 11.5 Å². The molecule has 0 amide bonds. The molecule has 0 atom stereocenters. The molecule has 0 bridgehead atoms. The number of aryl methyl sites for hydroxylation is 1. The Hall–Kier alpha value is -2.26. The highest BCUT2D eigenvalue weighted by Crippen LogP contribution is 2.22. The van der Waals surface area contributed by atoms with E-state index in [1.165, 1.54) is 17.5 Å². The average molecular weight is 293 g/mol. The van der Waals surface area contributed by atoms with Crippen molar-refractivity contribution in [3.8, 4) is 11.3 Å². The Balaban J connectivity index is 1.67. The summed E-state index contributed by atoms with van der Waals surface area (Å²) in [4.78, 5) is 1.12. The Morgan fingerprint density at radius 3 is 2.43 bits per heavy atom. The van der Waals surface area contributed by atoms with Gasteiger partial charge in [-0.1, -0.05) is 48.0 Å². The molecule has 0 aliphatic carbocycles. The van der Waals surface area contributed by atoms with Gasteiger partial charge >= 0.3 is 0 Å². The van der Waals surface area contributed by atoms with Crippen LogP contribution in [0.15, 0.2) is 80.4 Å². The van der Waals surface area contributed by atoms with Crippen molar-refractivity contribution in [1.29, 1.82) is 0 Å². The molecule has 0 N–H and O–H groups in total. The van der Waals surface area contributed by atoms with Gasteiger partial charge in [0.25, 0.3) is 0 Å². The summed E-state index contributed by atoms with van der Waals surface area (Å²) in [6.45, 7) is 2.08. The van der Waals surface area contributed by atoms with Crippen LogP contribution in [0.3, 0.4) is 0 Å². The van der Waals surface area contributed by atoms with Crippen LogP contribution in [-0.4, -0.2) is 6.21 Å². The van der Waals surface area contributed by atoms with Crippen LogP contribution in [0.5, 0.6) is 0 Å². The Morgan fingerprint density at radius 2 is 1.67 bits per heavy atom. The predicted molar refractivity (Wildman–Crippen MR) is 88.8 cm³/mol. The van der Waals surface area contributed by atoms with Gasteiger partial charge < -0.3 is 4.42 Å². The molecule has 0 saturated heterocycles. The minimum Gasteiger partial charge on any atom is -0.455 e. The van der Waals surface area contributed by atoms with Crippen molar-refractivity contribution in [2.75, 3.05) is 0 Å². The summed E-state index contributed by atoms with van der Waals surface area (Å²) in [5, 5.41) is 0. The number of furan rings is 1. The molecule has 2 nitrogen and oxygen atoms in total. The van der Waals surface area contributed by atoms with E-state index >= 15 is 0 Å². The van der Waals surface area contributed by atoms with Crippen LogP contribution in [0.2, 0.25) is 0 Å². The lowest BCUT2D eigenvalue weighted by Gasteiger charge is -1.96. The quantitative estimate of drug-likeness (QED) is 0.476. The predicted octanol–water partition coefficient (Wildman–Crippen LogP) is 5.38. The van der Waals surface area contributed by atoms with E-state index in [2.05, 4.69) is 35.6 Å². The number of benzene rings is 2. The molecule has 3 heteroatoms. The third-order valence-corrected chi connectivity index (χ3v) is 3.74. The fraction of sp³-hybridized carbons (Fsp3) is 0.0556. The van der Waals surface area contributed by atoms with Gasteiger partial charge in [0.05, 0.1) is 6.21 Å². The van der Waals surface area contributed by atoms with Gasteiger partial charge in [-0.05, 0) is 31.2 Å². The second-order valence-electron chi connectivity index (χ2n) is 4.71. The zero-order valence-electron chi connectivity index (χ0n) is 11.7. The first-order valence-electron chi connectivity index (χ1n) is 6.73. The first kappa shape index (κ1) is 13.7. The summed E-state index contributed by atoms with van der Waals surface area (Å²) >= 11 is 1.44. The van der Waals surface area contributed by atoms with E-state index in [4.69, 9.17) is 4.42 Å². The van der Waals surface area contributed by atoms with Gasteiger partial charge in [0.15, 0.2) is 0 Å². The second kappa shape index (κ2) is 6.46. The van der Waals surface area contributed by atoms with Gasteiger partial charge in [-0.2, -0.15) is 0 Å². The molecule has 0 unspecified atom stereocenters. The molecule has 0 spiro atoms. The van der Waals surface area contributed by atoms with Crippen molar-refractivity contribution in [3.05, 3.63) is 78.1 Å². The highest BCUT2D eigenvalue weighted by molar-refractivity contribution is 7.98. The molecule has 0 saturated carbocycles. The summed E-state index contributed by atoms with van der Waals surface area (Å²) in [6, 6.07) is 22.2. The van der Waals surface area contributed by atoms with Crippen molar-refractivity contribution in [3.63, 3.8) is 0 Å². The Kier molecular flexibility index (Phi) is 4.22. The highest BCUT2D eigenvalue weighted by atomic mass is 32.2. The number of hydrogen-bond donors (Lipinski definition) is 0. The van der Waals surface area contributed by atoms with Crippen molar-refractivity contribution < 1.29 is 4.42 Å². The molecule has 1 heterocycles. The number of rotatable bonds is 4. The summed E-state index contributed by atoms with van der Waals surface area (Å²) in [7, 11) is 0. The van der Waals surface area contributed by atoms with Gasteiger partial charge in [-0.25, -0.2) is 4.40 Å². The maximum Gasteiger partial charge on any atom is 0.146 e. The summed E-state index contributed by atoms with van der Waals surface area (Å²) in [6.07, 6.45) is 1.75. The van der Waals surface area contributed by atoms with Crippen LogP contribution in [0.25, 0.3) is 11.3 Å². The summed E-state index contributed by atoms with van der Waals surface area (Å²) < 4.78 is 10.1. The normalized spacial score (nSPS) is 11.1. The zero-order valence-corrected chi connectivity index (χ0v) is 12.5. The highest BCUT2D eigenvalue weighted by Gasteiger charge is 2.02. The van der Waals surface area contributed by atoms with Crippen LogP contribution in [0, 0.1) is 6.92 Å². The second-order valence-corrected chi connectivity index (χ2v) is 5.57. The lowest BCUT2D eigenvalue weighted by molar-refractivity contribution is 0.575. The molecule has 3 aromatic rings. The third kappa shape index (κ3) is 3.64. The van der Waals surface area contributed by atoms with Crippen LogP contribution >= 0.6 is 11.9 Å². The van der Waals surface area contributed by atoms with Crippen molar-refractivity contribution in [2.45, 2.75) is 11.8 Å². The molecular weight excluding hydrogens is 278 g/mol. The van der Waals surface area contributed by atoms with Crippen molar-refractivity contribution >= 4 is 18.2 Å². The Labute approximate surface area is 128 Å². The summed E-state index contributed by atoms with van der Waals surface area (Å²) in [5.74, 6) is 1.62. The van der Waals surface area contributed by atoms with E-state index in [1.807, 2.05) is 42.5 Å². The molecule has 0 aliphatic heterocycles. The number of nitrogens with zero attached hydrogens (tertiary/aromatic N) is 1. The minimum atomic E-state index is 0.758. The van der Waals surface area contributed by atoms with Crippen LogP contribution in [0.4, 0.5) is 0 Å². The topological polar surface area (TPSA) is 25.5 Å². The average Bonchev–Trinajstić information content (AvgIpc) is 2.99. The minimum absolute atomic E-state index is 0.758. The standard InChI is InChI=1S/C18H15NOS/c1-14-7-10-17(11-8-14)21-19-13-16-9-12-18(20-16)15-5-3-2-4-6-15/h2-13H,1H3/b19-13+. The van der Waals surface area contributed by atoms with Gasteiger partial charge in [0.2, 0.25) is 0 Å². The van der Waals surface area contributed by atoms with Crippen molar-refractivity contribution in [2.24, 2.45) is 4.40 Å². The van der Waals surface area contributed by atoms with Crippen LogP contribution in [0.1, 0.15) is 11.3 Å². The van der Waals surface area contributed by atoms with Gasteiger partial charge in [-0.3, -0.25) is 0 Å². The van der Waals surface area contributed by atoms with E-state index in [1.54, 1.807) is 6.21 Å². The Bertz CT molecular complexity index is 729. The van der Waals surface area contributed by atoms with E-state index in [9.17, 15) is 0 Å². The molecule has 3 rings (SSSR count). The van der Waals surface area contributed by atoms with E-state index in [-0.39, 0.29) is 0 Å². The largest absolute Gasteiger partial charge is 0.455 e.